The molecule has 9 rings (SSSR count). The number of piperidine rings is 1. The van der Waals surface area contributed by atoms with E-state index in [2.05, 4.69) is 31.5 Å². The van der Waals surface area contributed by atoms with E-state index in [0.29, 0.717) is 110 Å². The van der Waals surface area contributed by atoms with E-state index in [0.717, 1.165) is 31.0 Å². The van der Waals surface area contributed by atoms with Crippen molar-refractivity contribution in [2.45, 2.75) is 95.2 Å². The van der Waals surface area contributed by atoms with Crippen LogP contribution in [0.25, 0.3) is 11.1 Å². The van der Waals surface area contributed by atoms with E-state index >= 15 is 0 Å². The SMILES string of the molecule is CN[C@H](C)C(=O)N[C@@H](C(=O)N1CCC[C@@H]1C1=NC(C(=O)c2ccc(F)cc2)CS1)C1CCN(CCOCCOCCC(=O)N(C)CCn2nc3c(c2C#N)-c2cnc(N)c(c2)N2CCC[C@@H]2c2cc(F)ccc2C(=O)N(C)C3)CC1. The molecule has 0 saturated carbocycles. The Morgan fingerprint density at radius 3 is 2.41 bits per heavy atom. The number of aliphatic imine (C=N–C) groups is 1. The number of anilines is 2. The quantitative estimate of drug-likeness (QED) is 0.0805. The van der Waals surface area contributed by atoms with Gasteiger partial charge in [0, 0.05) is 74.5 Å². The zero-order valence-electron chi connectivity index (χ0n) is 45.9. The number of benzene rings is 2. The van der Waals surface area contributed by atoms with Crippen LogP contribution in [0, 0.1) is 28.9 Å². The summed E-state index contributed by atoms with van der Waals surface area (Å²) in [5, 5.41) is 22.2. The minimum atomic E-state index is -0.722. The van der Waals surface area contributed by atoms with Gasteiger partial charge in [-0.1, -0.05) is 0 Å². The number of carbonyl (C=O) groups is 5. The molecular formula is C57H71F2N13O7S. The minimum Gasteiger partial charge on any atom is -0.382 e. The van der Waals surface area contributed by atoms with Crippen LogP contribution in [0.1, 0.15) is 95.6 Å². The lowest BCUT2D eigenvalue weighted by molar-refractivity contribution is -0.138. The number of aromatic nitrogens is 3. The van der Waals surface area contributed by atoms with Crippen molar-refractivity contribution in [1.82, 2.24) is 45.0 Å². The number of carbonyl (C=O) groups excluding carboxylic acids is 5. The average molecular weight is 1120 g/mol. The van der Waals surface area contributed by atoms with Gasteiger partial charge in [0.05, 0.1) is 80.5 Å². The molecule has 0 spiro atoms. The summed E-state index contributed by atoms with van der Waals surface area (Å²) in [5.74, 6) is -1.24. The number of nitrogen functional groups attached to an aromatic ring is 1. The Morgan fingerprint density at radius 2 is 1.66 bits per heavy atom. The Bertz CT molecular complexity index is 3000. The van der Waals surface area contributed by atoms with Crippen LogP contribution >= 0.6 is 11.8 Å². The summed E-state index contributed by atoms with van der Waals surface area (Å²) in [6, 6.07) is 11.5. The van der Waals surface area contributed by atoms with Crippen LogP contribution in [-0.4, -0.2) is 186 Å². The lowest BCUT2D eigenvalue weighted by Gasteiger charge is -2.38. The molecule has 20 nitrogen and oxygen atoms in total. The van der Waals surface area contributed by atoms with Gasteiger partial charge >= 0.3 is 0 Å². The number of halogens is 2. The molecule has 0 aliphatic carbocycles. The number of thioether (sulfide) groups is 1. The van der Waals surface area contributed by atoms with E-state index < -0.39 is 29.8 Å². The van der Waals surface area contributed by atoms with Gasteiger partial charge in [0.15, 0.2) is 5.78 Å². The number of likely N-dealkylation sites (tertiary alicyclic amines) is 2. The van der Waals surface area contributed by atoms with Crippen molar-refractivity contribution in [2.75, 3.05) is 103 Å². The maximum atomic E-state index is 14.8. The number of ether oxygens (including phenoxy) is 2. The molecule has 23 heteroatoms. The topological polar surface area (TPSA) is 237 Å². The Labute approximate surface area is 469 Å². The Hall–Kier alpha value is -6.84. The molecule has 5 atom stereocenters. The van der Waals surface area contributed by atoms with Gasteiger partial charge in [0.25, 0.3) is 5.91 Å². The van der Waals surface area contributed by atoms with Crippen molar-refractivity contribution >= 4 is 57.7 Å². The molecule has 2 bridgehead atoms. The van der Waals surface area contributed by atoms with Crippen molar-refractivity contribution in [3.8, 4) is 17.2 Å². The summed E-state index contributed by atoms with van der Waals surface area (Å²) in [5.41, 5.74) is 10.3. The predicted octanol–water partition coefficient (Wildman–Crippen LogP) is 4.68. The second kappa shape index (κ2) is 26.2. The number of hydrogen-bond donors (Lipinski definition) is 3. The van der Waals surface area contributed by atoms with E-state index in [4.69, 9.17) is 25.3 Å². The number of pyridine rings is 1. The van der Waals surface area contributed by atoms with Crippen LogP contribution in [0.5, 0.6) is 0 Å². The number of fused-ring (bicyclic) bond motifs is 8. The molecule has 80 heavy (non-hydrogen) atoms. The average Bonchev–Trinajstić information content (AvgIpc) is 4.33. The first-order valence-corrected chi connectivity index (χ1v) is 28.6. The fourth-order valence-electron chi connectivity index (χ4n) is 11.4. The Morgan fingerprint density at radius 1 is 0.938 bits per heavy atom. The molecule has 7 heterocycles. The molecule has 2 aromatic carbocycles. The minimum absolute atomic E-state index is 0.0487. The number of likely N-dealkylation sites (N-methyl/N-ethyl adjacent to an activating group) is 2. The molecule has 1 unspecified atom stereocenters. The van der Waals surface area contributed by atoms with Gasteiger partial charge in [0.2, 0.25) is 17.7 Å². The van der Waals surface area contributed by atoms with Crippen LogP contribution in [0.4, 0.5) is 20.3 Å². The third kappa shape index (κ3) is 13.0. The summed E-state index contributed by atoms with van der Waals surface area (Å²) in [4.78, 5) is 86.9. The van der Waals surface area contributed by atoms with Crippen LogP contribution in [0.3, 0.4) is 0 Å². The summed E-state index contributed by atoms with van der Waals surface area (Å²) in [7, 11) is 5.04. The number of nitrogens with zero attached hydrogens (tertiary/aromatic N) is 10. The molecule has 0 radical (unpaired) electrons. The van der Waals surface area contributed by atoms with Crippen LogP contribution in [0.15, 0.2) is 59.7 Å². The summed E-state index contributed by atoms with van der Waals surface area (Å²) in [6.45, 7) is 6.79. The molecular weight excluding hydrogens is 1050 g/mol. The van der Waals surface area contributed by atoms with E-state index in [1.54, 1.807) is 43.8 Å². The predicted molar refractivity (Wildman–Crippen MR) is 299 cm³/mol. The third-order valence-corrected chi connectivity index (χ3v) is 17.2. The summed E-state index contributed by atoms with van der Waals surface area (Å²) >= 11 is 1.48. The molecule has 4 aromatic rings. The van der Waals surface area contributed by atoms with E-state index in [-0.39, 0.29) is 91.6 Å². The first kappa shape index (κ1) is 57.8. The number of rotatable bonds is 20. The highest BCUT2D eigenvalue weighted by Crippen LogP contribution is 2.43. The number of hydrogen-bond acceptors (Lipinski definition) is 16. The van der Waals surface area contributed by atoms with Gasteiger partial charge in [-0.05, 0) is 126 Å². The van der Waals surface area contributed by atoms with Crippen molar-refractivity contribution in [3.05, 3.63) is 94.4 Å². The first-order chi connectivity index (χ1) is 38.6. The zero-order chi connectivity index (χ0) is 56.6. The van der Waals surface area contributed by atoms with Gasteiger partial charge in [-0.3, -0.25) is 33.6 Å². The van der Waals surface area contributed by atoms with Crippen LogP contribution < -0.4 is 21.3 Å². The van der Waals surface area contributed by atoms with Gasteiger partial charge in [0.1, 0.15) is 41.3 Å². The number of nitrogens with two attached hydrogens (primary N) is 1. The van der Waals surface area contributed by atoms with Gasteiger partial charge in [-0.2, -0.15) is 10.4 Å². The Kier molecular flexibility index (Phi) is 18.9. The molecule has 426 valence electrons. The van der Waals surface area contributed by atoms with Crippen LogP contribution in [0.2, 0.25) is 0 Å². The second-order valence-corrected chi connectivity index (χ2v) is 22.2. The fraction of sp³-hybridized carbons (Fsp3) is 0.526. The van der Waals surface area contributed by atoms with Gasteiger partial charge in [-0.15, -0.1) is 11.8 Å². The molecule has 2 aromatic heterocycles. The fourth-order valence-corrected chi connectivity index (χ4v) is 12.6. The van der Waals surface area contributed by atoms with E-state index in [1.807, 2.05) is 11.0 Å². The molecule has 3 fully saturated rings. The molecule has 5 aliphatic heterocycles. The lowest BCUT2D eigenvalue weighted by Crippen LogP contribution is -2.58. The maximum absolute atomic E-state index is 14.8. The largest absolute Gasteiger partial charge is 0.382 e. The summed E-state index contributed by atoms with van der Waals surface area (Å²) < 4.78 is 41.5. The number of ketones is 1. The van der Waals surface area contributed by atoms with Crippen molar-refractivity contribution < 1.29 is 42.2 Å². The van der Waals surface area contributed by atoms with Crippen molar-refractivity contribution in [3.63, 3.8) is 0 Å². The van der Waals surface area contributed by atoms with Gasteiger partial charge in [-0.25, -0.2) is 13.8 Å². The smallest absolute Gasteiger partial charge is 0.254 e. The molecule has 4 N–H and O–H groups in total. The third-order valence-electron chi connectivity index (χ3n) is 16.1. The summed E-state index contributed by atoms with van der Waals surface area (Å²) in [6.07, 6.45) is 6.10. The first-order valence-electron chi connectivity index (χ1n) is 27.6. The van der Waals surface area contributed by atoms with E-state index in [9.17, 15) is 38.0 Å². The molecule has 3 saturated heterocycles. The number of nitriles is 1. The highest BCUT2D eigenvalue weighted by molar-refractivity contribution is 8.14. The highest BCUT2D eigenvalue weighted by Gasteiger charge is 2.43. The normalized spacial score (nSPS) is 20.2. The number of nitrogens with one attached hydrogen (secondary N) is 2. The van der Waals surface area contributed by atoms with Gasteiger partial charge < -0.3 is 50.3 Å². The highest BCUT2D eigenvalue weighted by atomic mass is 32.2. The number of amides is 4. The van der Waals surface area contributed by atoms with Crippen LogP contribution in [-0.2, 0) is 36.9 Å². The Balaban J connectivity index is 0.721. The van der Waals surface area contributed by atoms with Crippen molar-refractivity contribution in [2.24, 2.45) is 10.9 Å². The standard InChI is InChI=1S/C57H71F2N13O7S/c1-35(62-2)54(75)65-51(57(77)71-19-6-8-46(71)55-64-44(34-80-55)52(74)37-9-11-39(58)12-10-37)36-15-20-69(21-16-36)24-26-79-28-27-78-25-17-49(73)67(3)22-23-72-48(31-60)50-38-29-47(53(61)63-32-38)70-18-5-7-45(70)42-30-40(59)13-14-41(42)56(76)68(4)33-43(50)66-72/h9-14,29-30,32,35-36,44-46,51,62H,5-8,15-28,33-34H2,1-4H3,(H2,61,63)(H,65,75)/t35-,44?,45-,46-,51-/m1/s1. The zero-order valence-corrected chi connectivity index (χ0v) is 46.7. The maximum Gasteiger partial charge on any atom is 0.254 e. The molecule has 4 amide bonds. The lowest BCUT2D eigenvalue weighted by atomic mass is 9.88. The number of Topliss-reactive ketones (excluding diaryl/α,β-unsaturated/α-hetero) is 1. The van der Waals surface area contributed by atoms with Crippen molar-refractivity contribution in [1.29, 1.82) is 5.26 Å². The monoisotopic (exact) mass is 1120 g/mol. The molecule has 5 aliphatic rings. The second-order valence-electron chi connectivity index (χ2n) is 21.2. The van der Waals surface area contributed by atoms with E-state index in [1.165, 1.54) is 59.1 Å².